The summed E-state index contributed by atoms with van der Waals surface area (Å²) in [7, 11) is 0. The number of halogens is 1. The van der Waals surface area contributed by atoms with Crippen LogP contribution in [0.1, 0.15) is 24.8 Å². The Hall–Kier alpha value is -1.55. The van der Waals surface area contributed by atoms with Crippen LogP contribution in [0.4, 0.5) is 0 Å². The highest BCUT2D eigenvalue weighted by atomic mass is 35.5. The average molecular weight is 282 g/mol. The van der Waals surface area contributed by atoms with Crippen molar-refractivity contribution in [1.29, 1.82) is 0 Å². The van der Waals surface area contributed by atoms with E-state index in [1.165, 1.54) is 0 Å². The van der Waals surface area contributed by atoms with Gasteiger partial charge in [0.2, 0.25) is 5.91 Å². The van der Waals surface area contributed by atoms with Gasteiger partial charge in [0, 0.05) is 11.6 Å². The van der Waals surface area contributed by atoms with E-state index in [2.05, 4.69) is 5.32 Å². The van der Waals surface area contributed by atoms with Gasteiger partial charge in [-0.3, -0.25) is 9.59 Å². The Morgan fingerprint density at radius 2 is 2.00 bits per heavy atom. The Kier molecular flexibility index (Phi) is 4.10. The number of amides is 1. The van der Waals surface area contributed by atoms with E-state index in [1.54, 1.807) is 0 Å². The Morgan fingerprint density at radius 1 is 1.32 bits per heavy atom. The van der Waals surface area contributed by atoms with E-state index in [1.807, 2.05) is 24.3 Å². The lowest BCUT2D eigenvalue weighted by atomic mass is 9.95. The zero-order valence-corrected chi connectivity index (χ0v) is 11.2. The van der Waals surface area contributed by atoms with Gasteiger partial charge in [0.25, 0.3) is 0 Å². The first-order valence-corrected chi connectivity index (χ1v) is 6.65. The number of carboxylic acids is 1. The van der Waals surface area contributed by atoms with Gasteiger partial charge in [-0.25, -0.2) is 0 Å². The van der Waals surface area contributed by atoms with Crippen LogP contribution >= 0.6 is 11.6 Å². The molecule has 0 spiro atoms. The zero-order valence-electron chi connectivity index (χ0n) is 10.5. The van der Waals surface area contributed by atoms with Crippen LogP contribution in [0.3, 0.4) is 0 Å². The third-order valence-electron chi connectivity index (χ3n) is 3.45. The molecule has 2 N–H and O–H groups in total. The fourth-order valence-electron chi connectivity index (χ4n) is 2.11. The van der Waals surface area contributed by atoms with Crippen molar-refractivity contribution in [3.8, 4) is 0 Å². The molecule has 0 bridgehead atoms. The summed E-state index contributed by atoms with van der Waals surface area (Å²) in [5.41, 5.74) is 0.582. The standard InChI is InChI=1S/C14H16ClNO3/c15-11-4-2-1-3-10(11)9-14(6-7-14)13(19)16-8-5-12(17)18/h1-4H,5-9H2,(H,16,19)(H,17,18). The first-order chi connectivity index (χ1) is 9.03. The molecule has 0 unspecified atom stereocenters. The van der Waals surface area contributed by atoms with Gasteiger partial charge in [0.15, 0.2) is 0 Å². The summed E-state index contributed by atoms with van der Waals surface area (Å²) in [6.07, 6.45) is 2.23. The summed E-state index contributed by atoms with van der Waals surface area (Å²) >= 11 is 6.10. The molecule has 2 rings (SSSR count). The Balaban J connectivity index is 1.94. The number of nitrogens with one attached hydrogen (secondary N) is 1. The third-order valence-corrected chi connectivity index (χ3v) is 3.82. The van der Waals surface area contributed by atoms with Crippen LogP contribution in [0.25, 0.3) is 0 Å². The van der Waals surface area contributed by atoms with Crippen LogP contribution in [0, 0.1) is 5.41 Å². The molecule has 0 radical (unpaired) electrons. The van der Waals surface area contributed by atoms with Gasteiger partial charge in [-0.15, -0.1) is 0 Å². The van der Waals surface area contributed by atoms with Crippen LogP contribution < -0.4 is 5.32 Å². The monoisotopic (exact) mass is 281 g/mol. The highest BCUT2D eigenvalue weighted by Crippen LogP contribution is 2.49. The lowest BCUT2D eigenvalue weighted by Crippen LogP contribution is -2.34. The fourth-order valence-corrected chi connectivity index (χ4v) is 2.31. The molecule has 4 nitrogen and oxygen atoms in total. The number of aliphatic carboxylic acids is 1. The molecular weight excluding hydrogens is 266 g/mol. The molecule has 1 aromatic rings. The average Bonchev–Trinajstić information content (AvgIpc) is 3.13. The SMILES string of the molecule is O=C(O)CCNC(=O)C1(Cc2ccccc2Cl)CC1. The smallest absolute Gasteiger partial charge is 0.305 e. The van der Waals surface area contributed by atoms with Gasteiger partial charge in [-0.1, -0.05) is 29.8 Å². The van der Waals surface area contributed by atoms with Gasteiger partial charge in [0.1, 0.15) is 0 Å². The largest absolute Gasteiger partial charge is 0.481 e. The fraction of sp³-hybridized carbons (Fsp3) is 0.429. The summed E-state index contributed by atoms with van der Waals surface area (Å²) in [4.78, 5) is 22.5. The second-order valence-corrected chi connectivity index (χ2v) is 5.36. The molecule has 102 valence electrons. The second kappa shape index (κ2) is 5.61. The molecule has 5 heteroatoms. The molecule has 0 aromatic heterocycles. The summed E-state index contributed by atoms with van der Waals surface area (Å²) in [5.74, 6) is -0.968. The van der Waals surface area contributed by atoms with Gasteiger partial charge in [-0.2, -0.15) is 0 Å². The number of carbonyl (C=O) groups is 2. The van der Waals surface area contributed by atoms with E-state index in [0.717, 1.165) is 18.4 Å². The van der Waals surface area contributed by atoms with Gasteiger partial charge in [0.05, 0.1) is 11.8 Å². The van der Waals surface area contributed by atoms with Crippen LogP contribution in [0.5, 0.6) is 0 Å². The van der Waals surface area contributed by atoms with Crippen molar-refractivity contribution in [2.75, 3.05) is 6.54 Å². The molecule has 1 aromatic carbocycles. The Bertz CT molecular complexity index is 497. The lowest BCUT2D eigenvalue weighted by Gasteiger charge is -2.15. The predicted octanol–water partition coefficient (Wildman–Crippen LogP) is 2.25. The maximum Gasteiger partial charge on any atom is 0.305 e. The van der Waals surface area contributed by atoms with E-state index in [4.69, 9.17) is 16.7 Å². The van der Waals surface area contributed by atoms with E-state index >= 15 is 0 Å². The summed E-state index contributed by atoms with van der Waals surface area (Å²) in [6.45, 7) is 0.179. The minimum Gasteiger partial charge on any atom is -0.481 e. The highest BCUT2D eigenvalue weighted by Gasteiger charge is 2.49. The summed E-state index contributed by atoms with van der Waals surface area (Å²) < 4.78 is 0. The third kappa shape index (κ3) is 3.47. The molecule has 1 amide bonds. The van der Waals surface area contributed by atoms with E-state index in [-0.39, 0.29) is 24.3 Å². The van der Waals surface area contributed by atoms with Crippen molar-refractivity contribution in [3.05, 3.63) is 34.9 Å². The molecule has 0 heterocycles. The highest BCUT2D eigenvalue weighted by molar-refractivity contribution is 6.31. The molecule has 0 aliphatic heterocycles. The van der Waals surface area contributed by atoms with Crippen molar-refractivity contribution >= 4 is 23.5 Å². The molecular formula is C14H16ClNO3. The van der Waals surface area contributed by atoms with Gasteiger partial charge in [-0.05, 0) is 30.9 Å². The number of hydrogen-bond acceptors (Lipinski definition) is 2. The lowest BCUT2D eigenvalue weighted by molar-refractivity contribution is -0.137. The minimum atomic E-state index is -0.906. The van der Waals surface area contributed by atoms with Crippen LogP contribution in [0.2, 0.25) is 5.02 Å². The van der Waals surface area contributed by atoms with Crippen molar-refractivity contribution in [3.63, 3.8) is 0 Å². The normalized spacial score (nSPS) is 15.8. The van der Waals surface area contributed by atoms with Gasteiger partial charge < -0.3 is 10.4 Å². The summed E-state index contributed by atoms with van der Waals surface area (Å²) in [6, 6.07) is 7.50. The predicted molar refractivity (Wildman–Crippen MR) is 72.1 cm³/mol. The van der Waals surface area contributed by atoms with Crippen LogP contribution in [0.15, 0.2) is 24.3 Å². The van der Waals surface area contributed by atoms with E-state index in [9.17, 15) is 9.59 Å². The van der Waals surface area contributed by atoms with Crippen LogP contribution in [-0.2, 0) is 16.0 Å². The number of hydrogen-bond donors (Lipinski definition) is 2. The maximum absolute atomic E-state index is 12.1. The van der Waals surface area contributed by atoms with Crippen molar-refractivity contribution < 1.29 is 14.7 Å². The second-order valence-electron chi connectivity index (χ2n) is 4.95. The molecule has 1 fully saturated rings. The van der Waals surface area contributed by atoms with Crippen LogP contribution in [-0.4, -0.2) is 23.5 Å². The maximum atomic E-state index is 12.1. The van der Waals surface area contributed by atoms with Crippen molar-refractivity contribution in [1.82, 2.24) is 5.32 Å². The molecule has 1 aliphatic rings. The number of benzene rings is 1. The summed E-state index contributed by atoms with van der Waals surface area (Å²) in [5, 5.41) is 11.9. The molecule has 1 saturated carbocycles. The Labute approximate surface area is 116 Å². The first kappa shape index (κ1) is 13.9. The van der Waals surface area contributed by atoms with Crippen molar-refractivity contribution in [2.24, 2.45) is 5.41 Å². The Morgan fingerprint density at radius 3 is 2.58 bits per heavy atom. The van der Waals surface area contributed by atoms with Crippen molar-refractivity contribution in [2.45, 2.75) is 25.7 Å². The zero-order chi connectivity index (χ0) is 13.9. The number of rotatable bonds is 6. The van der Waals surface area contributed by atoms with Gasteiger partial charge >= 0.3 is 5.97 Å². The van der Waals surface area contributed by atoms with E-state index in [0.29, 0.717) is 11.4 Å². The number of carbonyl (C=O) groups excluding carboxylic acids is 1. The molecule has 0 saturated heterocycles. The molecule has 1 aliphatic carbocycles. The topological polar surface area (TPSA) is 66.4 Å². The minimum absolute atomic E-state index is 0.0477. The van der Waals surface area contributed by atoms with E-state index < -0.39 is 5.97 Å². The first-order valence-electron chi connectivity index (χ1n) is 6.27. The quantitative estimate of drug-likeness (QED) is 0.840. The molecule has 19 heavy (non-hydrogen) atoms. The molecule has 0 atom stereocenters. The number of carboxylic acid groups (broad SMARTS) is 1.